The highest BCUT2D eigenvalue weighted by atomic mass is 19.1. The predicted molar refractivity (Wildman–Crippen MR) is 127 cm³/mol. The molecule has 9 heteroatoms. The van der Waals surface area contributed by atoms with E-state index < -0.39 is 18.1 Å². The maximum Gasteiger partial charge on any atom is 0.318 e. The third-order valence-corrected chi connectivity index (χ3v) is 6.07. The van der Waals surface area contributed by atoms with Crippen LogP contribution in [0.3, 0.4) is 0 Å². The second kappa shape index (κ2) is 10.5. The molecule has 0 bridgehead atoms. The first kappa shape index (κ1) is 24.1. The van der Waals surface area contributed by atoms with E-state index in [9.17, 15) is 14.0 Å². The summed E-state index contributed by atoms with van der Waals surface area (Å²) >= 11 is 0. The first-order chi connectivity index (χ1) is 16.9. The van der Waals surface area contributed by atoms with Crippen molar-refractivity contribution in [3.8, 4) is 11.5 Å². The summed E-state index contributed by atoms with van der Waals surface area (Å²) in [6.07, 6.45) is 2.11. The number of rotatable bonds is 7. The predicted octanol–water partition coefficient (Wildman–Crippen LogP) is 3.80. The van der Waals surface area contributed by atoms with Crippen molar-refractivity contribution in [2.75, 3.05) is 20.8 Å². The normalized spacial score (nSPS) is 15.7. The monoisotopic (exact) mass is 481 g/mol. The van der Waals surface area contributed by atoms with Gasteiger partial charge in [0.15, 0.2) is 11.5 Å². The summed E-state index contributed by atoms with van der Waals surface area (Å²) in [5, 5.41) is 5.53. The average molecular weight is 482 g/mol. The van der Waals surface area contributed by atoms with E-state index in [-0.39, 0.29) is 18.3 Å². The molecular weight excluding hydrogens is 453 g/mol. The van der Waals surface area contributed by atoms with Gasteiger partial charge in [-0.2, -0.15) is 0 Å². The van der Waals surface area contributed by atoms with E-state index in [1.807, 2.05) is 12.1 Å². The van der Waals surface area contributed by atoms with Crippen molar-refractivity contribution in [1.82, 2.24) is 15.5 Å². The molecule has 3 amide bonds. The van der Waals surface area contributed by atoms with E-state index in [1.54, 1.807) is 50.3 Å². The summed E-state index contributed by atoms with van der Waals surface area (Å²) in [6, 6.07) is 11.6. The van der Waals surface area contributed by atoms with Gasteiger partial charge in [-0.25, -0.2) is 9.18 Å². The molecule has 1 aliphatic heterocycles. The standard InChI is InChI=1S/C26H28FN3O5/c1-16(25(31)28-15-20-5-4-12-35-20)29-26(32)30-11-10-18-13-22(33-2)23(34-3)14-21(18)24(30)17-6-8-19(27)9-7-17/h4-9,12-14,16,24H,10-11,15H2,1-3H3,(H,28,31)(H,29,32)/t16-,24-/m1/s1. The van der Waals surface area contributed by atoms with Crippen LogP contribution in [0.25, 0.3) is 0 Å². The van der Waals surface area contributed by atoms with Crippen LogP contribution in [0.1, 0.15) is 35.4 Å². The van der Waals surface area contributed by atoms with Crippen LogP contribution in [0.15, 0.2) is 59.2 Å². The van der Waals surface area contributed by atoms with Crippen LogP contribution in [-0.4, -0.2) is 43.6 Å². The lowest BCUT2D eigenvalue weighted by Crippen LogP contribution is -2.52. The van der Waals surface area contributed by atoms with Crippen molar-refractivity contribution < 1.29 is 27.9 Å². The van der Waals surface area contributed by atoms with E-state index in [0.717, 1.165) is 16.7 Å². The van der Waals surface area contributed by atoms with Crippen molar-refractivity contribution in [2.24, 2.45) is 0 Å². The van der Waals surface area contributed by atoms with Crippen LogP contribution in [0, 0.1) is 5.82 Å². The van der Waals surface area contributed by atoms with E-state index in [1.165, 1.54) is 18.4 Å². The maximum atomic E-state index is 13.7. The van der Waals surface area contributed by atoms with Gasteiger partial charge < -0.3 is 29.4 Å². The molecule has 0 unspecified atom stereocenters. The quantitative estimate of drug-likeness (QED) is 0.536. The molecule has 0 saturated heterocycles. The van der Waals surface area contributed by atoms with Crippen LogP contribution in [-0.2, 0) is 17.8 Å². The van der Waals surface area contributed by atoms with Crippen molar-refractivity contribution >= 4 is 11.9 Å². The largest absolute Gasteiger partial charge is 0.493 e. The van der Waals surface area contributed by atoms with Crippen molar-refractivity contribution in [3.05, 3.63) is 83.1 Å². The van der Waals surface area contributed by atoms with Gasteiger partial charge in [0.2, 0.25) is 5.91 Å². The lowest BCUT2D eigenvalue weighted by atomic mass is 9.88. The smallest absolute Gasteiger partial charge is 0.318 e. The Morgan fingerprint density at radius 1 is 1.14 bits per heavy atom. The van der Waals surface area contributed by atoms with Gasteiger partial charge in [-0.1, -0.05) is 12.1 Å². The highest BCUT2D eigenvalue weighted by Crippen LogP contribution is 2.41. The SMILES string of the molecule is COc1cc2c(cc1OC)[C@@H](c1ccc(F)cc1)N(C(=O)N[C@H](C)C(=O)NCc1ccco1)CC2. The van der Waals surface area contributed by atoms with Gasteiger partial charge in [0, 0.05) is 6.54 Å². The van der Waals surface area contributed by atoms with Crippen LogP contribution in [0.4, 0.5) is 9.18 Å². The van der Waals surface area contributed by atoms with Gasteiger partial charge >= 0.3 is 6.03 Å². The Labute approximate surface area is 203 Å². The molecule has 0 aliphatic carbocycles. The van der Waals surface area contributed by atoms with Gasteiger partial charge in [0.25, 0.3) is 0 Å². The molecule has 0 fully saturated rings. The minimum atomic E-state index is -0.780. The van der Waals surface area contributed by atoms with Crippen molar-refractivity contribution in [2.45, 2.75) is 32.0 Å². The molecule has 2 atom stereocenters. The fourth-order valence-corrected chi connectivity index (χ4v) is 4.24. The molecular formula is C26H28FN3O5. The second-order valence-electron chi connectivity index (χ2n) is 8.27. The summed E-state index contributed by atoms with van der Waals surface area (Å²) in [7, 11) is 3.12. The second-order valence-corrected chi connectivity index (χ2v) is 8.27. The number of ether oxygens (including phenoxy) is 2. The highest BCUT2D eigenvalue weighted by molar-refractivity contribution is 5.87. The Morgan fingerprint density at radius 2 is 1.86 bits per heavy atom. The molecule has 4 rings (SSSR count). The molecule has 35 heavy (non-hydrogen) atoms. The number of hydrogen-bond donors (Lipinski definition) is 2. The van der Waals surface area contributed by atoms with Crippen molar-refractivity contribution in [1.29, 1.82) is 0 Å². The fourth-order valence-electron chi connectivity index (χ4n) is 4.24. The molecule has 8 nitrogen and oxygen atoms in total. The molecule has 0 spiro atoms. The van der Waals surface area contributed by atoms with E-state index in [0.29, 0.717) is 30.2 Å². The van der Waals surface area contributed by atoms with Crippen LogP contribution in [0.2, 0.25) is 0 Å². The number of hydrogen-bond acceptors (Lipinski definition) is 5. The molecule has 3 aromatic rings. The minimum Gasteiger partial charge on any atom is -0.493 e. The average Bonchev–Trinajstić information content (AvgIpc) is 3.39. The van der Waals surface area contributed by atoms with Crippen LogP contribution < -0.4 is 20.1 Å². The fraction of sp³-hybridized carbons (Fsp3) is 0.308. The Bertz CT molecular complexity index is 1180. The summed E-state index contributed by atoms with van der Waals surface area (Å²) in [6.45, 7) is 2.24. The molecule has 184 valence electrons. The lowest BCUT2D eigenvalue weighted by Gasteiger charge is -2.38. The van der Waals surface area contributed by atoms with Crippen LogP contribution >= 0.6 is 0 Å². The molecule has 2 aromatic carbocycles. The van der Waals surface area contributed by atoms with Gasteiger partial charge in [0.05, 0.1) is 33.1 Å². The van der Waals surface area contributed by atoms with Crippen molar-refractivity contribution in [3.63, 3.8) is 0 Å². The zero-order valence-corrected chi connectivity index (χ0v) is 19.8. The Balaban J connectivity index is 1.58. The number of furan rings is 1. The molecule has 2 N–H and O–H groups in total. The topological polar surface area (TPSA) is 93.0 Å². The van der Waals surface area contributed by atoms with Gasteiger partial charge in [-0.3, -0.25) is 4.79 Å². The van der Waals surface area contributed by atoms with E-state index >= 15 is 0 Å². The number of urea groups is 1. The number of fused-ring (bicyclic) bond motifs is 1. The van der Waals surface area contributed by atoms with E-state index in [2.05, 4.69) is 10.6 Å². The third kappa shape index (κ3) is 5.24. The third-order valence-electron chi connectivity index (χ3n) is 6.07. The first-order valence-electron chi connectivity index (χ1n) is 11.3. The molecule has 1 aromatic heterocycles. The summed E-state index contributed by atoms with van der Waals surface area (Å²) in [5.74, 6) is 1.05. The lowest BCUT2D eigenvalue weighted by molar-refractivity contribution is -0.122. The van der Waals surface area contributed by atoms with Gasteiger partial charge in [-0.15, -0.1) is 0 Å². The summed E-state index contributed by atoms with van der Waals surface area (Å²) in [5.41, 5.74) is 2.60. The van der Waals surface area contributed by atoms with Gasteiger partial charge in [-0.05, 0) is 66.4 Å². The number of carbonyl (C=O) groups is 2. The summed E-state index contributed by atoms with van der Waals surface area (Å²) < 4.78 is 29.8. The molecule has 0 saturated carbocycles. The molecule has 0 radical (unpaired) electrons. The highest BCUT2D eigenvalue weighted by Gasteiger charge is 2.34. The van der Waals surface area contributed by atoms with Crippen LogP contribution in [0.5, 0.6) is 11.5 Å². The molecule has 1 aliphatic rings. The number of halogens is 1. The zero-order valence-electron chi connectivity index (χ0n) is 19.8. The van der Waals surface area contributed by atoms with Gasteiger partial charge in [0.1, 0.15) is 17.6 Å². The number of nitrogens with one attached hydrogen (secondary N) is 2. The Kier molecular flexibility index (Phi) is 7.24. The Hall–Kier alpha value is -4.01. The molecule has 2 heterocycles. The zero-order chi connectivity index (χ0) is 24.9. The number of carbonyl (C=O) groups excluding carboxylic acids is 2. The number of benzene rings is 2. The number of amides is 3. The number of methoxy groups -OCH3 is 2. The first-order valence-corrected chi connectivity index (χ1v) is 11.3. The minimum absolute atomic E-state index is 0.225. The maximum absolute atomic E-state index is 13.7. The summed E-state index contributed by atoms with van der Waals surface area (Å²) in [4.78, 5) is 27.6. The number of nitrogens with zero attached hydrogens (tertiary/aromatic N) is 1. The Morgan fingerprint density at radius 3 is 2.51 bits per heavy atom. The van der Waals surface area contributed by atoms with E-state index in [4.69, 9.17) is 13.9 Å².